The fourth-order valence-electron chi connectivity index (χ4n) is 4.32. The predicted molar refractivity (Wildman–Crippen MR) is 135 cm³/mol. The van der Waals surface area contributed by atoms with Crippen LogP contribution in [0.4, 0.5) is 4.79 Å². The number of fused-ring (bicyclic) bond motifs is 3. The number of hydrogen-bond acceptors (Lipinski definition) is 5. The van der Waals surface area contributed by atoms with Crippen molar-refractivity contribution in [3.05, 3.63) is 89.5 Å². The molecule has 1 amide bonds. The summed E-state index contributed by atoms with van der Waals surface area (Å²) in [4.78, 5) is 23.7. The molecule has 1 atom stereocenters. The number of nitrogens with one attached hydrogen (secondary N) is 2. The van der Waals surface area contributed by atoms with Crippen LogP contribution in [0.3, 0.4) is 0 Å². The zero-order valence-corrected chi connectivity index (χ0v) is 20.8. The third-order valence-corrected chi connectivity index (χ3v) is 7.69. The van der Waals surface area contributed by atoms with Gasteiger partial charge in [0.05, 0.1) is 4.90 Å². The minimum absolute atomic E-state index is 0.0411. The summed E-state index contributed by atoms with van der Waals surface area (Å²) in [5, 5.41) is 11.9. The maximum absolute atomic E-state index is 12.6. The van der Waals surface area contributed by atoms with E-state index < -0.39 is 34.0 Å². The highest BCUT2D eigenvalue weighted by molar-refractivity contribution is 7.89. The molecule has 8 nitrogen and oxygen atoms in total. The molecule has 0 bridgehead atoms. The lowest BCUT2D eigenvalue weighted by Crippen LogP contribution is -2.44. The first-order valence-electron chi connectivity index (χ1n) is 11.6. The Morgan fingerprint density at radius 1 is 0.917 bits per heavy atom. The Hall–Kier alpha value is -3.69. The second-order valence-corrected chi connectivity index (χ2v) is 10.7. The molecular formula is C27H28N2O6S. The first-order valence-corrected chi connectivity index (χ1v) is 13.1. The third kappa shape index (κ3) is 5.42. The number of ether oxygens (including phenoxy) is 1. The number of aliphatic carboxylic acids is 1. The van der Waals surface area contributed by atoms with Crippen LogP contribution in [0.15, 0.2) is 77.7 Å². The van der Waals surface area contributed by atoms with E-state index in [1.165, 1.54) is 12.1 Å². The van der Waals surface area contributed by atoms with Crippen LogP contribution in [0.2, 0.25) is 0 Å². The molecule has 188 valence electrons. The maximum Gasteiger partial charge on any atom is 0.407 e. The van der Waals surface area contributed by atoms with Crippen molar-refractivity contribution in [2.45, 2.75) is 37.2 Å². The number of benzene rings is 3. The summed E-state index contributed by atoms with van der Waals surface area (Å²) in [7, 11) is -4.01. The van der Waals surface area contributed by atoms with Crippen LogP contribution < -0.4 is 10.0 Å². The second kappa shape index (κ2) is 10.5. The maximum atomic E-state index is 12.6. The van der Waals surface area contributed by atoms with Crippen LogP contribution in [-0.2, 0) is 26.1 Å². The number of alkyl carbamates (subject to hydrolysis) is 1. The summed E-state index contributed by atoms with van der Waals surface area (Å²) in [6.45, 7) is 3.59. The quantitative estimate of drug-likeness (QED) is 0.400. The summed E-state index contributed by atoms with van der Waals surface area (Å²) in [6, 6.07) is 20.8. The molecule has 3 N–H and O–H groups in total. The first-order chi connectivity index (χ1) is 17.2. The summed E-state index contributed by atoms with van der Waals surface area (Å²) in [5.41, 5.74) is 5.21. The fraction of sp³-hybridized carbons (Fsp3) is 0.259. The first kappa shape index (κ1) is 25.4. The van der Waals surface area contributed by atoms with Gasteiger partial charge in [-0.15, -0.1) is 0 Å². The average Bonchev–Trinajstić information content (AvgIpc) is 3.18. The number of amides is 1. The Morgan fingerprint density at radius 3 is 2.00 bits per heavy atom. The van der Waals surface area contributed by atoms with Gasteiger partial charge in [0, 0.05) is 12.5 Å². The van der Waals surface area contributed by atoms with Crippen LogP contribution in [0.25, 0.3) is 11.1 Å². The van der Waals surface area contributed by atoms with Gasteiger partial charge < -0.3 is 15.2 Å². The van der Waals surface area contributed by atoms with E-state index in [1.807, 2.05) is 36.4 Å². The van der Waals surface area contributed by atoms with E-state index in [-0.39, 0.29) is 24.0 Å². The number of carbonyl (C=O) groups is 2. The van der Waals surface area contributed by atoms with E-state index in [0.717, 1.165) is 22.3 Å². The Balaban J connectivity index is 1.33. The van der Waals surface area contributed by atoms with Crippen molar-refractivity contribution in [1.29, 1.82) is 0 Å². The zero-order chi connectivity index (χ0) is 25.9. The van der Waals surface area contributed by atoms with Gasteiger partial charge in [0.2, 0.25) is 10.0 Å². The molecule has 0 saturated heterocycles. The highest BCUT2D eigenvalue weighted by atomic mass is 32.2. The highest BCUT2D eigenvalue weighted by Crippen LogP contribution is 2.44. The fourth-order valence-corrected chi connectivity index (χ4v) is 5.65. The van der Waals surface area contributed by atoms with E-state index in [0.29, 0.717) is 5.56 Å². The molecule has 0 heterocycles. The number of hydrogen-bond donors (Lipinski definition) is 3. The highest BCUT2D eigenvalue weighted by Gasteiger charge is 2.29. The van der Waals surface area contributed by atoms with Gasteiger partial charge in [-0.2, -0.15) is 4.72 Å². The van der Waals surface area contributed by atoms with Crippen molar-refractivity contribution < 1.29 is 27.9 Å². The van der Waals surface area contributed by atoms with Gasteiger partial charge in [0.1, 0.15) is 12.6 Å². The molecule has 0 aromatic heterocycles. The van der Waals surface area contributed by atoms with Crippen molar-refractivity contribution in [2.24, 2.45) is 5.92 Å². The number of sulfonamides is 1. The zero-order valence-electron chi connectivity index (χ0n) is 20.0. The van der Waals surface area contributed by atoms with Crippen molar-refractivity contribution in [3.63, 3.8) is 0 Å². The Labute approximate surface area is 210 Å². The molecule has 1 unspecified atom stereocenters. The largest absolute Gasteiger partial charge is 0.480 e. The monoisotopic (exact) mass is 508 g/mol. The van der Waals surface area contributed by atoms with Gasteiger partial charge in [-0.05, 0) is 45.9 Å². The molecule has 9 heteroatoms. The topological polar surface area (TPSA) is 122 Å². The molecule has 0 aliphatic heterocycles. The summed E-state index contributed by atoms with van der Waals surface area (Å²) >= 11 is 0. The van der Waals surface area contributed by atoms with Crippen LogP contribution in [0.5, 0.6) is 0 Å². The summed E-state index contributed by atoms with van der Waals surface area (Å²) in [5.74, 6) is -1.70. The van der Waals surface area contributed by atoms with Gasteiger partial charge in [-0.25, -0.2) is 13.2 Å². The van der Waals surface area contributed by atoms with E-state index in [4.69, 9.17) is 4.74 Å². The molecule has 0 saturated carbocycles. The van der Waals surface area contributed by atoms with Crippen LogP contribution in [0, 0.1) is 5.92 Å². The molecule has 0 radical (unpaired) electrons. The molecule has 3 aromatic carbocycles. The van der Waals surface area contributed by atoms with Crippen molar-refractivity contribution >= 4 is 22.1 Å². The molecule has 1 aliphatic rings. The number of carboxylic acids is 1. The average molecular weight is 509 g/mol. The van der Waals surface area contributed by atoms with Gasteiger partial charge in [-0.3, -0.25) is 4.79 Å². The predicted octanol–water partition coefficient (Wildman–Crippen LogP) is 4.11. The van der Waals surface area contributed by atoms with E-state index in [9.17, 15) is 23.1 Å². The van der Waals surface area contributed by atoms with E-state index in [1.54, 1.807) is 26.0 Å². The lowest BCUT2D eigenvalue weighted by Gasteiger charge is -2.18. The lowest BCUT2D eigenvalue weighted by atomic mass is 9.98. The van der Waals surface area contributed by atoms with Gasteiger partial charge in [0.25, 0.3) is 0 Å². The normalized spacial score (nSPS) is 13.6. The minimum atomic E-state index is -4.01. The Kier molecular flexibility index (Phi) is 7.42. The third-order valence-electron chi connectivity index (χ3n) is 6.23. The Morgan fingerprint density at radius 2 is 1.47 bits per heavy atom. The Bertz CT molecular complexity index is 1320. The molecule has 36 heavy (non-hydrogen) atoms. The smallest absolute Gasteiger partial charge is 0.407 e. The summed E-state index contributed by atoms with van der Waals surface area (Å²) in [6.07, 6.45) is -0.573. The van der Waals surface area contributed by atoms with E-state index >= 15 is 0 Å². The van der Waals surface area contributed by atoms with Gasteiger partial charge >= 0.3 is 12.1 Å². The van der Waals surface area contributed by atoms with Gasteiger partial charge in [-0.1, -0.05) is 74.5 Å². The van der Waals surface area contributed by atoms with E-state index in [2.05, 4.69) is 22.2 Å². The molecule has 3 aromatic rings. The SMILES string of the molecule is CC(C)C(NS(=O)(=O)c1ccc(CNC(=O)OCC2c3ccccc3-c3ccccc32)cc1)C(=O)O. The van der Waals surface area contributed by atoms with Crippen LogP contribution >= 0.6 is 0 Å². The molecule has 0 fully saturated rings. The number of carboxylic acid groups (broad SMARTS) is 1. The van der Waals surface area contributed by atoms with Crippen LogP contribution in [0.1, 0.15) is 36.5 Å². The van der Waals surface area contributed by atoms with Crippen molar-refractivity contribution in [1.82, 2.24) is 10.0 Å². The van der Waals surface area contributed by atoms with Crippen molar-refractivity contribution in [3.8, 4) is 11.1 Å². The lowest BCUT2D eigenvalue weighted by molar-refractivity contribution is -0.140. The molecule has 1 aliphatic carbocycles. The molecule has 0 spiro atoms. The number of carbonyl (C=O) groups excluding carboxylic acids is 1. The number of rotatable bonds is 9. The van der Waals surface area contributed by atoms with Crippen molar-refractivity contribution in [2.75, 3.05) is 6.61 Å². The standard InChI is InChI=1S/C27H28N2O6S/c1-17(2)25(26(30)31)29-36(33,34)19-13-11-18(12-14-19)15-28-27(32)35-16-24-22-9-5-3-7-20(22)21-8-4-6-10-23(21)24/h3-14,17,24-25,29H,15-16H2,1-2H3,(H,28,32)(H,30,31). The van der Waals surface area contributed by atoms with Crippen LogP contribution in [-0.4, -0.2) is 38.2 Å². The minimum Gasteiger partial charge on any atom is -0.480 e. The molecular weight excluding hydrogens is 480 g/mol. The molecule has 4 rings (SSSR count). The summed E-state index contributed by atoms with van der Waals surface area (Å²) < 4.78 is 32.8. The van der Waals surface area contributed by atoms with Gasteiger partial charge in [0.15, 0.2) is 0 Å². The second-order valence-electron chi connectivity index (χ2n) is 9.00.